The van der Waals surface area contributed by atoms with Gasteiger partial charge in [0.2, 0.25) is 5.95 Å². The van der Waals surface area contributed by atoms with Gasteiger partial charge in [0.15, 0.2) is 5.65 Å². The molecule has 0 radical (unpaired) electrons. The van der Waals surface area contributed by atoms with E-state index in [-0.39, 0.29) is 0 Å². The van der Waals surface area contributed by atoms with Gasteiger partial charge < -0.3 is 15.1 Å². The molecule has 0 amide bonds. The number of nitrogens with zero attached hydrogens (tertiary/aromatic N) is 6. The second-order valence-corrected chi connectivity index (χ2v) is 7.59. The molecular formula is C18H25N7S. The number of anilines is 2. The van der Waals surface area contributed by atoms with Gasteiger partial charge in [-0.2, -0.15) is 15.1 Å². The normalized spacial score (nSPS) is 15.7. The molecule has 0 atom stereocenters. The first-order valence-electron chi connectivity index (χ1n) is 9.18. The predicted octanol–water partition coefficient (Wildman–Crippen LogP) is 2.22. The van der Waals surface area contributed by atoms with Crippen LogP contribution >= 0.6 is 11.3 Å². The molecule has 26 heavy (non-hydrogen) atoms. The molecule has 0 aliphatic carbocycles. The van der Waals surface area contributed by atoms with Crippen LogP contribution in [0.1, 0.15) is 11.8 Å². The molecule has 1 aliphatic heterocycles. The van der Waals surface area contributed by atoms with Crippen LogP contribution < -0.4 is 10.2 Å². The van der Waals surface area contributed by atoms with E-state index in [1.54, 1.807) is 11.3 Å². The SMILES string of the molecule is CCN1CCN(c2nc(NCCc3cccs3)c3cnn(C)c3n2)CC1. The minimum Gasteiger partial charge on any atom is -0.369 e. The van der Waals surface area contributed by atoms with Gasteiger partial charge >= 0.3 is 0 Å². The van der Waals surface area contributed by atoms with Crippen LogP contribution in [0, 0.1) is 0 Å². The first-order valence-corrected chi connectivity index (χ1v) is 10.1. The maximum absolute atomic E-state index is 4.84. The maximum atomic E-state index is 4.84. The summed E-state index contributed by atoms with van der Waals surface area (Å²) in [7, 11) is 1.93. The summed E-state index contributed by atoms with van der Waals surface area (Å²) >= 11 is 1.79. The Morgan fingerprint density at radius 2 is 2.04 bits per heavy atom. The van der Waals surface area contributed by atoms with Crippen LogP contribution in [0.4, 0.5) is 11.8 Å². The van der Waals surface area contributed by atoms with Gasteiger partial charge in [-0.15, -0.1) is 11.3 Å². The molecule has 3 aromatic heterocycles. The fourth-order valence-electron chi connectivity index (χ4n) is 3.31. The fourth-order valence-corrected chi connectivity index (χ4v) is 4.02. The van der Waals surface area contributed by atoms with Gasteiger partial charge in [0.1, 0.15) is 5.82 Å². The van der Waals surface area contributed by atoms with Crippen molar-refractivity contribution in [3.63, 3.8) is 0 Å². The van der Waals surface area contributed by atoms with Crippen molar-refractivity contribution in [1.29, 1.82) is 0 Å². The molecule has 4 heterocycles. The molecule has 4 rings (SSSR count). The molecule has 7 nitrogen and oxygen atoms in total. The summed E-state index contributed by atoms with van der Waals surface area (Å²) in [6.07, 6.45) is 2.84. The zero-order chi connectivity index (χ0) is 17.9. The van der Waals surface area contributed by atoms with Crippen molar-refractivity contribution in [2.75, 3.05) is 49.5 Å². The third kappa shape index (κ3) is 3.52. The van der Waals surface area contributed by atoms with Gasteiger partial charge in [-0.05, 0) is 24.4 Å². The van der Waals surface area contributed by atoms with Crippen LogP contribution in [-0.2, 0) is 13.5 Å². The van der Waals surface area contributed by atoms with Crippen molar-refractivity contribution >= 4 is 34.1 Å². The molecule has 1 aliphatic rings. The minimum atomic E-state index is 0.801. The smallest absolute Gasteiger partial charge is 0.229 e. The highest BCUT2D eigenvalue weighted by molar-refractivity contribution is 7.09. The number of hydrogen-bond donors (Lipinski definition) is 1. The Balaban J connectivity index is 1.55. The van der Waals surface area contributed by atoms with Gasteiger partial charge in [0.05, 0.1) is 11.6 Å². The Morgan fingerprint density at radius 1 is 1.19 bits per heavy atom. The second-order valence-electron chi connectivity index (χ2n) is 6.56. The van der Waals surface area contributed by atoms with Crippen LogP contribution in [0.5, 0.6) is 0 Å². The van der Waals surface area contributed by atoms with Gasteiger partial charge in [-0.25, -0.2) is 0 Å². The number of rotatable bonds is 6. The van der Waals surface area contributed by atoms with Crippen molar-refractivity contribution in [3.8, 4) is 0 Å². The van der Waals surface area contributed by atoms with Gasteiger partial charge in [0.25, 0.3) is 0 Å². The Kier molecular flexibility index (Phi) is 5.03. The second kappa shape index (κ2) is 7.59. The van der Waals surface area contributed by atoms with Crippen molar-refractivity contribution in [3.05, 3.63) is 28.6 Å². The van der Waals surface area contributed by atoms with Gasteiger partial charge in [-0.3, -0.25) is 4.68 Å². The molecule has 1 fully saturated rings. The minimum absolute atomic E-state index is 0.801. The van der Waals surface area contributed by atoms with Crippen LogP contribution in [0.15, 0.2) is 23.7 Å². The monoisotopic (exact) mass is 371 g/mol. The summed E-state index contributed by atoms with van der Waals surface area (Å²) in [6, 6.07) is 4.27. The van der Waals surface area contributed by atoms with E-state index < -0.39 is 0 Å². The summed E-state index contributed by atoms with van der Waals surface area (Å²) in [5.41, 5.74) is 0.881. The third-order valence-electron chi connectivity index (χ3n) is 4.93. The van der Waals surface area contributed by atoms with E-state index in [9.17, 15) is 0 Å². The van der Waals surface area contributed by atoms with E-state index >= 15 is 0 Å². The molecule has 138 valence electrons. The van der Waals surface area contributed by atoms with Crippen molar-refractivity contribution in [2.45, 2.75) is 13.3 Å². The van der Waals surface area contributed by atoms with Gasteiger partial charge in [0, 0.05) is 44.6 Å². The molecule has 0 saturated carbocycles. The number of nitrogens with one attached hydrogen (secondary N) is 1. The zero-order valence-corrected chi connectivity index (χ0v) is 16.2. The molecular weight excluding hydrogens is 346 g/mol. The van der Waals surface area contributed by atoms with Crippen molar-refractivity contribution in [1.82, 2.24) is 24.6 Å². The Labute approximate surface area is 157 Å². The average Bonchev–Trinajstić information content (AvgIpc) is 3.32. The Bertz CT molecular complexity index is 850. The molecule has 1 N–H and O–H groups in total. The molecule has 1 saturated heterocycles. The predicted molar refractivity (Wildman–Crippen MR) is 107 cm³/mol. The highest BCUT2D eigenvalue weighted by Crippen LogP contribution is 2.24. The topological polar surface area (TPSA) is 62.1 Å². The summed E-state index contributed by atoms with van der Waals surface area (Å²) in [5, 5.41) is 11.0. The quantitative estimate of drug-likeness (QED) is 0.717. The summed E-state index contributed by atoms with van der Waals surface area (Å²) in [5.74, 6) is 1.68. The molecule has 8 heteroatoms. The lowest BCUT2D eigenvalue weighted by Gasteiger charge is -2.34. The Morgan fingerprint density at radius 3 is 2.77 bits per heavy atom. The number of hydrogen-bond acceptors (Lipinski definition) is 7. The lowest BCUT2D eigenvalue weighted by atomic mass is 10.3. The maximum Gasteiger partial charge on any atom is 0.229 e. The number of thiophene rings is 1. The molecule has 0 unspecified atom stereocenters. The Hall–Kier alpha value is -2.19. The van der Waals surface area contributed by atoms with E-state index in [1.165, 1.54) is 4.88 Å². The van der Waals surface area contributed by atoms with Crippen LogP contribution in [0.25, 0.3) is 11.0 Å². The number of aryl methyl sites for hydroxylation is 1. The summed E-state index contributed by atoms with van der Waals surface area (Å²) in [4.78, 5) is 15.7. The standard InChI is InChI=1S/C18H25N7S/c1-3-24-8-10-25(11-9-24)18-21-16(15-13-20-23(2)17(15)22-18)19-7-6-14-5-4-12-26-14/h4-5,12-13H,3,6-11H2,1-2H3,(H,19,21,22). The van der Waals surface area contributed by atoms with E-state index in [0.717, 1.165) is 68.5 Å². The fraction of sp³-hybridized carbons (Fsp3) is 0.500. The van der Waals surface area contributed by atoms with Gasteiger partial charge in [-0.1, -0.05) is 13.0 Å². The molecule has 0 spiro atoms. The zero-order valence-electron chi connectivity index (χ0n) is 15.4. The highest BCUT2D eigenvalue weighted by Gasteiger charge is 2.20. The van der Waals surface area contributed by atoms with Crippen molar-refractivity contribution < 1.29 is 0 Å². The number of likely N-dealkylation sites (N-methyl/N-ethyl adjacent to an activating group) is 1. The summed E-state index contributed by atoms with van der Waals surface area (Å²) < 4.78 is 1.83. The average molecular weight is 372 g/mol. The lowest BCUT2D eigenvalue weighted by Crippen LogP contribution is -2.46. The van der Waals surface area contributed by atoms with E-state index in [1.807, 2.05) is 17.9 Å². The lowest BCUT2D eigenvalue weighted by molar-refractivity contribution is 0.270. The molecule has 0 bridgehead atoms. The van der Waals surface area contributed by atoms with E-state index in [0.29, 0.717) is 0 Å². The van der Waals surface area contributed by atoms with Crippen LogP contribution in [0.3, 0.4) is 0 Å². The third-order valence-corrected chi connectivity index (χ3v) is 5.86. The summed E-state index contributed by atoms with van der Waals surface area (Å²) in [6.45, 7) is 8.21. The number of piperazine rings is 1. The number of fused-ring (bicyclic) bond motifs is 1. The largest absolute Gasteiger partial charge is 0.369 e. The van der Waals surface area contributed by atoms with E-state index in [4.69, 9.17) is 9.97 Å². The van der Waals surface area contributed by atoms with Crippen molar-refractivity contribution in [2.24, 2.45) is 7.05 Å². The van der Waals surface area contributed by atoms with E-state index in [2.05, 4.69) is 44.7 Å². The first-order chi connectivity index (χ1) is 12.7. The molecule has 0 aromatic carbocycles. The number of aromatic nitrogens is 4. The van der Waals surface area contributed by atoms with Crippen LogP contribution in [0.2, 0.25) is 0 Å². The highest BCUT2D eigenvalue weighted by atomic mass is 32.1. The first kappa shape index (κ1) is 17.2. The molecule has 3 aromatic rings. The van der Waals surface area contributed by atoms with Crippen LogP contribution in [-0.4, -0.2) is 63.9 Å².